The van der Waals surface area contributed by atoms with Gasteiger partial charge >= 0.3 is 0 Å². The standard InChI is InChI=1S/C15H24O3S/c1-4-5-6-7-8-14(3)18-19(16,17)15-11-9-13(2)10-12-15/h9-12,14H,4-8H2,1-3H3/i16+2,17+2. The largest absolute Gasteiger partial charge is 0.297 e. The molecule has 4 heteroatoms. The molecule has 0 aliphatic heterocycles. The first kappa shape index (κ1) is 16.2. The first-order valence-electron chi connectivity index (χ1n) is 6.95. The Balaban J connectivity index is 2.52. The van der Waals surface area contributed by atoms with E-state index >= 15 is 0 Å². The summed E-state index contributed by atoms with van der Waals surface area (Å²) in [5.74, 6) is 0. The summed E-state index contributed by atoms with van der Waals surface area (Å²) in [6, 6.07) is 6.74. The lowest BCUT2D eigenvalue weighted by Gasteiger charge is -2.13. The van der Waals surface area contributed by atoms with E-state index < -0.39 is 10.1 Å². The summed E-state index contributed by atoms with van der Waals surface area (Å²) in [7, 11) is -3.62. The van der Waals surface area contributed by atoms with Gasteiger partial charge < -0.3 is 0 Å². The van der Waals surface area contributed by atoms with Gasteiger partial charge in [0.15, 0.2) is 0 Å². The topological polar surface area (TPSA) is 43.4 Å². The summed E-state index contributed by atoms with van der Waals surface area (Å²) in [5, 5.41) is 0. The zero-order chi connectivity index (χ0) is 14.3. The maximum atomic E-state index is 12.0. The smallest absolute Gasteiger partial charge is 0.263 e. The first-order chi connectivity index (χ1) is 8.95. The SMILES string of the molecule is CCCCCCC(C)OS(=[18O])(=[18O])c1ccc(C)cc1. The van der Waals surface area contributed by atoms with Crippen molar-refractivity contribution < 1.29 is 12.6 Å². The minimum atomic E-state index is -3.62. The molecule has 0 aliphatic rings. The van der Waals surface area contributed by atoms with E-state index in [2.05, 4.69) is 6.92 Å². The highest BCUT2D eigenvalue weighted by Crippen LogP contribution is 2.17. The molecule has 0 saturated carbocycles. The van der Waals surface area contributed by atoms with Crippen molar-refractivity contribution in [2.75, 3.05) is 0 Å². The van der Waals surface area contributed by atoms with Crippen molar-refractivity contribution in [3.8, 4) is 0 Å². The Morgan fingerprint density at radius 3 is 2.32 bits per heavy atom. The van der Waals surface area contributed by atoms with Crippen molar-refractivity contribution in [3.63, 3.8) is 0 Å². The highest BCUT2D eigenvalue weighted by atomic mass is 32.2. The maximum Gasteiger partial charge on any atom is 0.297 e. The average Bonchev–Trinajstić information content (AvgIpc) is 2.34. The second-order valence-electron chi connectivity index (χ2n) is 5.02. The molecule has 1 aromatic rings. The van der Waals surface area contributed by atoms with E-state index in [-0.39, 0.29) is 11.0 Å². The highest BCUT2D eigenvalue weighted by Gasteiger charge is 2.18. The minimum absolute atomic E-state index is 0.235. The summed E-state index contributed by atoms with van der Waals surface area (Å²) >= 11 is 0. The fourth-order valence-electron chi connectivity index (χ4n) is 1.88. The Labute approximate surface area is 117 Å². The predicted octanol–water partition coefficient (Wildman–Crippen LogP) is 4.06. The molecule has 0 saturated heterocycles. The van der Waals surface area contributed by atoms with Crippen LogP contribution in [0, 0.1) is 6.92 Å². The van der Waals surface area contributed by atoms with Gasteiger partial charge in [-0.15, -0.1) is 0 Å². The first-order valence-corrected chi connectivity index (χ1v) is 8.36. The lowest BCUT2D eigenvalue weighted by Crippen LogP contribution is -2.15. The van der Waals surface area contributed by atoms with Gasteiger partial charge in [0.1, 0.15) is 0 Å². The normalized spacial score (nSPS) is 13.4. The van der Waals surface area contributed by atoms with Crippen LogP contribution < -0.4 is 0 Å². The lowest BCUT2D eigenvalue weighted by molar-refractivity contribution is 0.213. The maximum absolute atomic E-state index is 12.0. The summed E-state index contributed by atoms with van der Waals surface area (Å²) in [4.78, 5) is 0.235. The van der Waals surface area contributed by atoms with Crippen LogP contribution in [0.1, 0.15) is 51.5 Å². The molecule has 1 aromatic carbocycles. The molecule has 0 heterocycles. The molecule has 1 rings (SSSR count). The van der Waals surface area contributed by atoms with Crippen LogP contribution >= 0.6 is 0 Å². The number of rotatable bonds is 8. The van der Waals surface area contributed by atoms with Crippen LogP contribution in [0.3, 0.4) is 0 Å². The van der Waals surface area contributed by atoms with Gasteiger partial charge in [-0.3, -0.25) is 4.18 Å². The Bertz CT molecular complexity index is 463. The predicted molar refractivity (Wildman–Crippen MR) is 77.7 cm³/mol. The van der Waals surface area contributed by atoms with Crippen LogP contribution in [0.25, 0.3) is 0 Å². The van der Waals surface area contributed by atoms with E-state index in [1.165, 1.54) is 12.8 Å². The Morgan fingerprint density at radius 1 is 1.11 bits per heavy atom. The molecule has 0 aliphatic carbocycles. The fourth-order valence-corrected chi connectivity index (χ4v) is 2.99. The van der Waals surface area contributed by atoms with Gasteiger partial charge in [0.25, 0.3) is 10.1 Å². The third kappa shape index (κ3) is 5.74. The molecule has 1 unspecified atom stereocenters. The van der Waals surface area contributed by atoms with E-state index in [4.69, 9.17) is 4.18 Å². The highest BCUT2D eigenvalue weighted by molar-refractivity contribution is 7.86. The third-order valence-electron chi connectivity index (χ3n) is 3.06. The molecule has 0 fully saturated rings. The van der Waals surface area contributed by atoms with Crippen LogP contribution in [0.2, 0.25) is 0 Å². The van der Waals surface area contributed by atoms with Gasteiger partial charge in [0, 0.05) is 0 Å². The second-order valence-corrected chi connectivity index (χ2v) is 6.60. The monoisotopic (exact) mass is 288 g/mol. The molecule has 0 aromatic heterocycles. The molecule has 3 nitrogen and oxygen atoms in total. The number of hydrogen-bond donors (Lipinski definition) is 0. The molecule has 0 amide bonds. The Kier molecular flexibility index (Phi) is 6.52. The molecule has 19 heavy (non-hydrogen) atoms. The molecular weight excluding hydrogens is 264 g/mol. The van der Waals surface area contributed by atoms with Gasteiger partial charge in [-0.2, -0.15) is 8.42 Å². The molecule has 0 N–H and O–H groups in total. The minimum Gasteiger partial charge on any atom is -0.263 e. The van der Waals surface area contributed by atoms with Crippen molar-refractivity contribution in [3.05, 3.63) is 29.8 Å². The Hall–Kier alpha value is -0.870. The van der Waals surface area contributed by atoms with Crippen LogP contribution in [-0.2, 0) is 14.3 Å². The van der Waals surface area contributed by atoms with E-state index in [1.807, 2.05) is 13.8 Å². The molecule has 0 radical (unpaired) electrons. The van der Waals surface area contributed by atoms with E-state index in [0.717, 1.165) is 24.8 Å². The zero-order valence-corrected chi connectivity index (χ0v) is 12.9. The molecular formula is C15H24O3S. The van der Waals surface area contributed by atoms with Crippen molar-refractivity contribution in [2.24, 2.45) is 0 Å². The number of benzene rings is 1. The van der Waals surface area contributed by atoms with Gasteiger partial charge in [-0.25, -0.2) is 0 Å². The van der Waals surface area contributed by atoms with Crippen LogP contribution in [-0.4, -0.2) is 14.5 Å². The van der Waals surface area contributed by atoms with E-state index in [9.17, 15) is 8.42 Å². The zero-order valence-electron chi connectivity index (χ0n) is 12.1. The Morgan fingerprint density at radius 2 is 1.74 bits per heavy atom. The van der Waals surface area contributed by atoms with Gasteiger partial charge in [0.2, 0.25) is 0 Å². The second kappa shape index (κ2) is 7.65. The van der Waals surface area contributed by atoms with E-state index in [0.29, 0.717) is 0 Å². The van der Waals surface area contributed by atoms with Crippen LogP contribution in [0.4, 0.5) is 0 Å². The van der Waals surface area contributed by atoms with Gasteiger partial charge in [0.05, 0.1) is 11.0 Å². The summed E-state index contributed by atoms with van der Waals surface area (Å²) in [6.45, 7) is 5.90. The molecule has 0 bridgehead atoms. The summed E-state index contributed by atoms with van der Waals surface area (Å²) < 4.78 is 29.3. The quantitative estimate of drug-likeness (QED) is 0.411. The molecule has 108 valence electrons. The molecule has 0 spiro atoms. The summed E-state index contributed by atoms with van der Waals surface area (Å²) in [5.41, 5.74) is 1.03. The van der Waals surface area contributed by atoms with Crippen molar-refractivity contribution in [1.29, 1.82) is 0 Å². The van der Waals surface area contributed by atoms with Crippen molar-refractivity contribution in [2.45, 2.75) is 63.9 Å². The van der Waals surface area contributed by atoms with Gasteiger partial charge in [-0.05, 0) is 32.4 Å². The van der Waals surface area contributed by atoms with Gasteiger partial charge in [-0.1, -0.05) is 50.3 Å². The number of unbranched alkanes of at least 4 members (excludes halogenated alkanes) is 3. The average molecular weight is 288 g/mol. The van der Waals surface area contributed by atoms with Crippen molar-refractivity contribution >= 4 is 10.1 Å². The third-order valence-corrected chi connectivity index (χ3v) is 4.50. The molecule has 1 atom stereocenters. The van der Waals surface area contributed by atoms with Crippen LogP contribution in [0.5, 0.6) is 0 Å². The fraction of sp³-hybridized carbons (Fsp3) is 0.600. The number of aryl methyl sites for hydroxylation is 1. The summed E-state index contributed by atoms with van der Waals surface area (Å²) in [6.07, 6.45) is 5.04. The lowest BCUT2D eigenvalue weighted by atomic mass is 10.1. The number of hydrogen-bond acceptors (Lipinski definition) is 3. The van der Waals surface area contributed by atoms with Crippen LogP contribution in [0.15, 0.2) is 29.2 Å². The van der Waals surface area contributed by atoms with Crippen molar-refractivity contribution in [1.82, 2.24) is 0 Å². The van der Waals surface area contributed by atoms with E-state index in [1.54, 1.807) is 24.3 Å².